The number of hydrogen-bond donors (Lipinski definition) is 0. The number of nitrogens with zero attached hydrogens (tertiary/aromatic N) is 1. The fraction of sp³-hybridized carbons (Fsp3) is 0.545. The number of ether oxygens (including phenoxy) is 1. The second-order valence-corrected chi connectivity index (χ2v) is 4.62. The first-order chi connectivity index (χ1) is 7.22. The lowest BCUT2D eigenvalue weighted by Gasteiger charge is -2.38. The van der Waals surface area contributed by atoms with Gasteiger partial charge in [0.15, 0.2) is 0 Å². The maximum atomic E-state index is 11.4. The number of carbonyl (C=O) groups excluding carboxylic acids is 1. The first-order valence-electron chi connectivity index (χ1n) is 5.06. The van der Waals surface area contributed by atoms with Crippen LogP contribution in [-0.2, 0) is 16.1 Å². The van der Waals surface area contributed by atoms with Crippen LogP contribution >= 0.6 is 11.3 Å². The number of esters is 1. The molecule has 1 aromatic rings. The molecule has 0 N–H and O–H groups in total. The molecule has 0 aliphatic carbocycles. The lowest BCUT2D eigenvalue weighted by Crippen LogP contribution is -2.52. The van der Waals surface area contributed by atoms with Crippen molar-refractivity contribution in [3.05, 3.63) is 21.9 Å². The Bertz CT molecular complexity index is 361. The van der Waals surface area contributed by atoms with Gasteiger partial charge in [0.2, 0.25) is 0 Å². The molecule has 1 atom stereocenters. The van der Waals surface area contributed by atoms with E-state index in [4.69, 9.17) is 4.74 Å². The van der Waals surface area contributed by atoms with Crippen LogP contribution < -0.4 is 0 Å². The Morgan fingerprint density at radius 2 is 2.47 bits per heavy atom. The van der Waals surface area contributed by atoms with Crippen LogP contribution in [0.1, 0.15) is 17.5 Å². The van der Waals surface area contributed by atoms with E-state index in [0.717, 1.165) is 19.5 Å². The molecular formula is C11H15NO2S. The predicted molar refractivity (Wildman–Crippen MR) is 59.9 cm³/mol. The van der Waals surface area contributed by atoms with Crippen molar-refractivity contribution in [2.75, 3.05) is 13.7 Å². The molecule has 0 bridgehead atoms. The summed E-state index contributed by atoms with van der Waals surface area (Å²) >= 11 is 1.72. The fourth-order valence-corrected chi connectivity index (χ4v) is 2.65. The highest BCUT2D eigenvalue weighted by Crippen LogP contribution is 2.24. The highest BCUT2D eigenvalue weighted by molar-refractivity contribution is 7.08. The Balaban J connectivity index is 1.96. The van der Waals surface area contributed by atoms with Gasteiger partial charge in [-0.25, -0.2) is 0 Å². The molecule has 82 valence electrons. The van der Waals surface area contributed by atoms with Crippen molar-refractivity contribution in [2.24, 2.45) is 0 Å². The third-order valence-corrected chi connectivity index (χ3v) is 3.85. The molecule has 0 saturated carbocycles. The summed E-state index contributed by atoms with van der Waals surface area (Å²) in [6.45, 7) is 3.98. The molecule has 2 rings (SSSR count). The van der Waals surface area contributed by atoms with Crippen molar-refractivity contribution < 1.29 is 9.53 Å². The average Bonchev–Trinajstić information content (AvgIpc) is 2.58. The molecule has 4 heteroatoms. The van der Waals surface area contributed by atoms with Gasteiger partial charge in [-0.05, 0) is 35.2 Å². The maximum Gasteiger partial charge on any atom is 0.323 e. The van der Waals surface area contributed by atoms with E-state index in [-0.39, 0.29) is 12.0 Å². The molecule has 0 aromatic carbocycles. The number of carbonyl (C=O) groups is 1. The van der Waals surface area contributed by atoms with Crippen molar-refractivity contribution in [2.45, 2.75) is 25.9 Å². The first kappa shape index (κ1) is 10.6. The summed E-state index contributed by atoms with van der Waals surface area (Å²) in [5, 5.41) is 4.30. The zero-order valence-corrected chi connectivity index (χ0v) is 9.84. The minimum Gasteiger partial charge on any atom is -0.468 e. The van der Waals surface area contributed by atoms with Gasteiger partial charge >= 0.3 is 5.97 Å². The largest absolute Gasteiger partial charge is 0.468 e. The summed E-state index contributed by atoms with van der Waals surface area (Å²) in [5.41, 5.74) is 2.64. The number of aryl methyl sites for hydroxylation is 1. The minimum absolute atomic E-state index is 0.0192. The third kappa shape index (κ3) is 2.06. The average molecular weight is 225 g/mol. The molecule has 2 heterocycles. The van der Waals surface area contributed by atoms with Crippen LogP contribution in [0.4, 0.5) is 0 Å². The number of thiophene rings is 1. The van der Waals surface area contributed by atoms with Gasteiger partial charge in [-0.1, -0.05) is 0 Å². The van der Waals surface area contributed by atoms with Gasteiger partial charge in [0.05, 0.1) is 7.11 Å². The Hall–Kier alpha value is -0.870. The van der Waals surface area contributed by atoms with Crippen molar-refractivity contribution in [3.8, 4) is 0 Å². The molecule has 1 aliphatic heterocycles. The van der Waals surface area contributed by atoms with E-state index in [9.17, 15) is 4.79 Å². The van der Waals surface area contributed by atoms with E-state index in [1.807, 2.05) is 0 Å². The summed E-state index contributed by atoms with van der Waals surface area (Å²) in [6.07, 6.45) is 0.926. The molecule has 1 aromatic heterocycles. The van der Waals surface area contributed by atoms with Gasteiger partial charge in [-0.3, -0.25) is 9.69 Å². The SMILES string of the molecule is COC(=O)C1CCN1Cc1cscc1C. The molecular weight excluding hydrogens is 210 g/mol. The summed E-state index contributed by atoms with van der Waals surface area (Å²) in [5.74, 6) is -0.103. The monoisotopic (exact) mass is 225 g/mol. The van der Waals surface area contributed by atoms with Gasteiger partial charge in [0, 0.05) is 13.1 Å². The van der Waals surface area contributed by atoms with Crippen LogP contribution in [0, 0.1) is 6.92 Å². The minimum atomic E-state index is -0.103. The van der Waals surface area contributed by atoms with Crippen molar-refractivity contribution >= 4 is 17.3 Å². The molecule has 3 nitrogen and oxygen atoms in total. The molecule has 0 spiro atoms. The summed E-state index contributed by atoms with van der Waals surface area (Å²) in [7, 11) is 1.45. The smallest absolute Gasteiger partial charge is 0.323 e. The topological polar surface area (TPSA) is 29.5 Å². The van der Waals surface area contributed by atoms with Crippen LogP contribution in [0.5, 0.6) is 0 Å². The van der Waals surface area contributed by atoms with Crippen molar-refractivity contribution in [1.82, 2.24) is 4.90 Å². The highest BCUT2D eigenvalue weighted by atomic mass is 32.1. The molecule has 0 radical (unpaired) electrons. The number of likely N-dealkylation sites (tertiary alicyclic amines) is 1. The van der Waals surface area contributed by atoms with Crippen molar-refractivity contribution in [1.29, 1.82) is 0 Å². The maximum absolute atomic E-state index is 11.4. The number of hydrogen-bond acceptors (Lipinski definition) is 4. The second kappa shape index (κ2) is 4.33. The van der Waals surface area contributed by atoms with E-state index in [1.165, 1.54) is 18.2 Å². The quantitative estimate of drug-likeness (QED) is 0.735. The van der Waals surface area contributed by atoms with Crippen LogP contribution in [0.2, 0.25) is 0 Å². The lowest BCUT2D eigenvalue weighted by atomic mass is 10.0. The Morgan fingerprint density at radius 3 is 2.93 bits per heavy atom. The Kier molecular flexibility index (Phi) is 3.07. The van der Waals surface area contributed by atoms with E-state index in [0.29, 0.717) is 0 Å². The summed E-state index contributed by atoms with van der Waals surface area (Å²) in [4.78, 5) is 13.5. The molecule has 0 amide bonds. The van der Waals surface area contributed by atoms with Gasteiger partial charge in [0.25, 0.3) is 0 Å². The van der Waals surface area contributed by atoms with Crippen LogP contribution in [0.25, 0.3) is 0 Å². The van der Waals surface area contributed by atoms with E-state index in [1.54, 1.807) is 11.3 Å². The number of rotatable bonds is 3. The van der Waals surface area contributed by atoms with E-state index in [2.05, 4.69) is 22.6 Å². The van der Waals surface area contributed by atoms with Gasteiger partial charge in [-0.2, -0.15) is 11.3 Å². The molecule has 1 unspecified atom stereocenters. The highest BCUT2D eigenvalue weighted by Gasteiger charge is 2.34. The van der Waals surface area contributed by atoms with E-state index < -0.39 is 0 Å². The zero-order chi connectivity index (χ0) is 10.8. The Labute approximate surface area is 93.7 Å². The molecule has 15 heavy (non-hydrogen) atoms. The predicted octanol–water partition coefficient (Wildman–Crippen LogP) is 1.80. The molecule has 1 fully saturated rings. The van der Waals surface area contributed by atoms with Crippen LogP contribution in [-0.4, -0.2) is 30.6 Å². The second-order valence-electron chi connectivity index (χ2n) is 3.88. The van der Waals surface area contributed by atoms with Crippen LogP contribution in [0.15, 0.2) is 10.8 Å². The van der Waals surface area contributed by atoms with Gasteiger partial charge in [-0.15, -0.1) is 0 Å². The van der Waals surface area contributed by atoms with Crippen LogP contribution in [0.3, 0.4) is 0 Å². The lowest BCUT2D eigenvalue weighted by molar-refractivity contribution is -0.152. The zero-order valence-electron chi connectivity index (χ0n) is 9.03. The standard InChI is InChI=1S/C11H15NO2S/c1-8-6-15-7-9(8)5-12-4-3-10(12)11(13)14-2/h6-7,10H,3-5H2,1-2H3. The van der Waals surface area contributed by atoms with Gasteiger partial charge < -0.3 is 4.74 Å². The Morgan fingerprint density at radius 1 is 1.67 bits per heavy atom. The normalized spacial score (nSPS) is 21.1. The summed E-state index contributed by atoms with van der Waals surface area (Å²) in [6, 6.07) is -0.0192. The molecule has 1 aliphatic rings. The fourth-order valence-electron chi connectivity index (χ4n) is 1.80. The van der Waals surface area contributed by atoms with E-state index >= 15 is 0 Å². The van der Waals surface area contributed by atoms with Gasteiger partial charge in [0.1, 0.15) is 6.04 Å². The van der Waals surface area contributed by atoms with Crippen molar-refractivity contribution in [3.63, 3.8) is 0 Å². The number of methoxy groups -OCH3 is 1. The third-order valence-electron chi connectivity index (χ3n) is 2.94. The summed E-state index contributed by atoms with van der Waals surface area (Å²) < 4.78 is 4.76. The first-order valence-corrected chi connectivity index (χ1v) is 6.00. The molecule has 1 saturated heterocycles.